The van der Waals surface area contributed by atoms with Crippen LogP contribution in [0.25, 0.3) is 0 Å². The van der Waals surface area contributed by atoms with E-state index in [2.05, 4.69) is 4.98 Å². The van der Waals surface area contributed by atoms with Gasteiger partial charge >= 0.3 is 7.12 Å². The van der Waals surface area contributed by atoms with Crippen LogP contribution in [0.1, 0.15) is 5.56 Å². The summed E-state index contributed by atoms with van der Waals surface area (Å²) in [5.74, 6) is -0.383. The Labute approximate surface area is 104 Å². The molecule has 2 N–H and O–H groups in total. The number of nitrogens with zero attached hydrogens (tertiary/aromatic N) is 1. The van der Waals surface area contributed by atoms with Crippen LogP contribution in [-0.4, -0.2) is 22.2 Å². The van der Waals surface area contributed by atoms with Crippen molar-refractivity contribution in [3.05, 3.63) is 54.1 Å². The lowest BCUT2D eigenvalue weighted by Crippen LogP contribution is -2.31. The summed E-state index contributed by atoms with van der Waals surface area (Å²) in [5, 5.41) is 18.3. The standard InChI is InChI=1S/C12H11BFNO3/c14-10-1-2-11(13(16)17)12(7-10)18-8-9-3-5-15-6-4-9/h1-7,16-17H,8H2. The van der Waals surface area contributed by atoms with Crippen LogP contribution in [0, 0.1) is 5.82 Å². The number of benzene rings is 1. The Bertz CT molecular complexity index is 522. The molecule has 0 aliphatic rings. The zero-order chi connectivity index (χ0) is 13.0. The molecule has 4 nitrogen and oxygen atoms in total. The van der Waals surface area contributed by atoms with Crippen molar-refractivity contribution in [1.29, 1.82) is 0 Å². The molecular weight excluding hydrogens is 236 g/mol. The van der Waals surface area contributed by atoms with Gasteiger partial charge in [-0.2, -0.15) is 0 Å². The van der Waals surface area contributed by atoms with E-state index in [1.807, 2.05) is 0 Å². The van der Waals surface area contributed by atoms with E-state index in [0.29, 0.717) is 0 Å². The molecule has 0 spiro atoms. The topological polar surface area (TPSA) is 62.6 Å². The van der Waals surface area contributed by atoms with Crippen LogP contribution in [0.5, 0.6) is 5.75 Å². The fourth-order valence-corrected chi connectivity index (χ4v) is 1.49. The monoisotopic (exact) mass is 247 g/mol. The summed E-state index contributed by atoms with van der Waals surface area (Å²) in [7, 11) is -1.70. The zero-order valence-corrected chi connectivity index (χ0v) is 9.45. The van der Waals surface area contributed by atoms with Crippen LogP contribution in [-0.2, 0) is 6.61 Å². The van der Waals surface area contributed by atoms with Gasteiger partial charge in [-0.15, -0.1) is 0 Å². The smallest absolute Gasteiger partial charge is 0.489 e. The van der Waals surface area contributed by atoms with Crippen LogP contribution in [0.15, 0.2) is 42.7 Å². The predicted molar refractivity (Wildman–Crippen MR) is 64.8 cm³/mol. The molecule has 0 saturated carbocycles. The second-order valence-corrected chi connectivity index (χ2v) is 3.70. The molecule has 1 aromatic carbocycles. The molecule has 0 atom stereocenters. The van der Waals surface area contributed by atoms with E-state index in [1.165, 1.54) is 6.07 Å². The van der Waals surface area contributed by atoms with Crippen molar-refractivity contribution in [2.45, 2.75) is 6.61 Å². The maximum Gasteiger partial charge on any atom is 0.492 e. The van der Waals surface area contributed by atoms with E-state index < -0.39 is 12.9 Å². The summed E-state index contributed by atoms with van der Waals surface area (Å²) in [4.78, 5) is 3.86. The van der Waals surface area contributed by atoms with Gasteiger partial charge in [0.1, 0.15) is 18.2 Å². The van der Waals surface area contributed by atoms with E-state index in [0.717, 1.165) is 17.7 Å². The first-order valence-corrected chi connectivity index (χ1v) is 5.34. The van der Waals surface area contributed by atoms with Crippen LogP contribution >= 0.6 is 0 Å². The maximum atomic E-state index is 13.1. The highest BCUT2D eigenvalue weighted by atomic mass is 19.1. The van der Waals surface area contributed by atoms with Crippen LogP contribution in [0.4, 0.5) is 4.39 Å². The minimum absolute atomic E-state index is 0.113. The minimum atomic E-state index is -1.70. The predicted octanol–water partition coefficient (Wildman–Crippen LogP) is 0.479. The van der Waals surface area contributed by atoms with Crippen molar-refractivity contribution in [3.63, 3.8) is 0 Å². The van der Waals surface area contributed by atoms with Crippen molar-refractivity contribution in [2.75, 3.05) is 0 Å². The van der Waals surface area contributed by atoms with Gasteiger partial charge in [-0.1, -0.05) is 6.07 Å². The molecule has 92 valence electrons. The van der Waals surface area contributed by atoms with Crippen molar-refractivity contribution in [1.82, 2.24) is 4.98 Å². The molecular formula is C12H11BFNO3. The van der Waals surface area contributed by atoms with E-state index in [1.54, 1.807) is 24.5 Å². The summed E-state index contributed by atoms with van der Waals surface area (Å²) in [6.07, 6.45) is 3.23. The van der Waals surface area contributed by atoms with Crippen molar-refractivity contribution in [3.8, 4) is 5.75 Å². The first-order chi connectivity index (χ1) is 8.66. The van der Waals surface area contributed by atoms with Gasteiger partial charge in [0.2, 0.25) is 0 Å². The maximum absolute atomic E-state index is 13.1. The highest BCUT2D eigenvalue weighted by Crippen LogP contribution is 2.12. The van der Waals surface area contributed by atoms with Gasteiger partial charge in [0.25, 0.3) is 0 Å². The number of ether oxygens (including phenoxy) is 1. The van der Waals surface area contributed by atoms with Gasteiger partial charge in [0.15, 0.2) is 0 Å². The first-order valence-electron chi connectivity index (χ1n) is 5.34. The molecule has 0 amide bonds. The van der Waals surface area contributed by atoms with E-state index in [9.17, 15) is 4.39 Å². The van der Waals surface area contributed by atoms with Crippen molar-refractivity contribution >= 4 is 12.6 Å². The Morgan fingerprint density at radius 2 is 1.89 bits per heavy atom. The highest BCUT2D eigenvalue weighted by molar-refractivity contribution is 6.59. The third-order valence-electron chi connectivity index (χ3n) is 2.40. The second kappa shape index (κ2) is 5.62. The molecule has 2 aromatic rings. The summed E-state index contributed by atoms with van der Waals surface area (Å²) in [5.41, 5.74) is 0.984. The van der Waals surface area contributed by atoms with Gasteiger partial charge in [-0.05, 0) is 23.8 Å². The molecule has 2 rings (SSSR count). The molecule has 0 aliphatic carbocycles. The summed E-state index contributed by atoms with van der Waals surface area (Å²) in [6.45, 7) is 0.200. The molecule has 6 heteroatoms. The molecule has 0 saturated heterocycles. The first kappa shape index (κ1) is 12.5. The average Bonchev–Trinajstić information content (AvgIpc) is 2.37. The fraction of sp³-hybridized carbons (Fsp3) is 0.0833. The second-order valence-electron chi connectivity index (χ2n) is 3.70. The molecule has 0 bridgehead atoms. The number of halogens is 1. The summed E-state index contributed by atoms with van der Waals surface area (Å²) >= 11 is 0. The number of rotatable bonds is 4. The van der Waals surface area contributed by atoms with Gasteiger partial charge in [-0.3, -0.25) is 4.98 Å². The number of pyridine rings is 1. The van der Waals surface area contributed by atoms with Crippen molar-refractivity contribution in [2.24, 2.45) is 0 Å². The Morgan fingerprint density at radius 1 is 1.17 bits per heavy atom. The number of aromatic nitrogens is 1. The molecule has 18 heavy (non-hydrogen) atoms. The third-order valence-corrected chi connectivity index (χ3v) is 2.40. The van der Waals surface area contributed by atoms with Crippen LogP contribution in [0.2, 0.25) is 0 Å². The third kappa shape index (κ3) is 3.06. The largest absolute Gasteiger partial charge is 0.492 e. The van der Waals surface area contributed by atoms with Gasteiger partial charge in [-0.25, -0.2) is 4.39 Å². The molecule has 1 heterocycles. The molecule has 0 radical (unpaired) electrons. The Hall–Kier alpha value is -1.92. The zero-order valence-electron chi connectivity index (χ0n) is 9.45. The number of hydrogen-bond acceptors (Lipinski definition) is 4. The van der Waals surface area contributed by atoms with Crippen LogP contribution in [0.3, 0.4) is 0 Å². The van der Waals surface area contributed by atoms with Gasteiger partial charge in [0, 0.05) is 23.9 Å². The van der Waals surface area contributed by atoms with E-state index in [4.69, 9.17) is 14.8 Å². The molecule has 0 unspecified atom stereocenters. The molecule has 1 aromatic heterocycles. The quantitative estimate of drug-likeness (QED) is 0.771. The number of hydrogen-bond donors (Lipinski definition) is 2. The molecule has 0 aliphatic heterocycles. The minimum Gasteiger partial charge on any atom is -0.489 e. The lowest BCUT2D eigenvalue weighted by atomic mass is 9.79. The summed E-state index contributed by atoms with van der Waals surface area (Å²) < 4.78 is 18.5. The highest BCUT2D eigenvalue weighted by Gasteiger charge is 2.17. The average molecular weight is 247 g/mol. The molecule has 0 fully saturated rings. The normalized spacial score (nSPS) is 10.2. The van der Waals surface area contributed by atoms with Crippen molar-refractivity contribution < 1.29 is 19.2 Å². The van der Waals surface area contributed by atoms with Crippen LogP contribution < -0.4 is 10.2 Å². The van der Waals surface area contributed by atoms with E-state index >= 15 is 0 Å². The van der Waals surface area contributed by atoms with Gasteiger partial charge < -0.3 is 14.8 Å². The SMILES string of the molecule is OB(O)c1ccc(F)cc1OCc1ccncc1. The summed E-state index contributed by atoms with van der Waals surface area (Å²) in [6, 6.07) is 7.06. The van der Waals surface area contributed by atoms with Gasteiger partial charge in [0.05, 0.1) is 0 Å². The van der Waals surface area contributed by atoms with E-state index in [-0.39, 0.29) is 17.8 Å². The Morgan fingerprint density at radius 3 is 2.56 bits per heavy atom. The lowest BCUT2D eigenvalue weighted by molar-refractivity contribution is 0.305. The fourth-order valence-electron chi connectivity index (χ4n) is 1.49. The Balaban J connectivity index is 2.15. The Kier molecular flexibility index (Phi) is 3.91. The lowest BCUT2D eigenvalue weighted by Gasteiger charge is -2.11.